The van der Waals surface area contributed by atoms with Gasteiger partial charge in [-0.3, -0.25) is 4.79 Å². The van der Waals surface area contributed by atoms with Gasteiger partial charge in [-0.2, -0.15) is 0 Å². The lowest BCUT2D eigenvalue weighted by Gasteiger charge is -2.28. The van der Waals surface area contributed by atoms with Crippen LogP contribution in [0.4, 0.5) is 0 Å². The summed E-state index contributed by atoms with van der Waals surface area (Å²) in [5.74, 6) is -1.02. The number of amides is 1. The fourth-order valence-corrected chi connectivity index (χ4v) is 5.69. The van der Waals surface area contributed by atoms with Crippen molar-refractivity contribution in [2.45, 2.75) is 31.1 Å². The Balaban J connectivity index is 2.01. The molecular weight excluding hydrogens is 438 g/mol. The molecule has 0 aliphatic carbocycles. The fraction of sp³-hybridized carbons (Fsp3) is 0.389. The molecule has 11 heteroatoms. The van der Waals surface area contributed by atoms with Crippen LogP contribution in [0.3, 0.4) is 0 Å². The Morgan fingerprint density at radius 3 is 2.55 bits per heavy atom. The van der Waals surface area contributed by atoms with Gasteiger partial charge in [-0.15, -0.1) is 0 Å². The molecule has 2 aromatic rings. The summed E-state index contributed by atoms with van der Waals surface area (Å²) in [5, 5.41) is -0.574. The predicted octanol–water partition coefficient (Wildman–Crippen LogP) is 1.75. The van der Waals surface area contributed by atoms with Gasteiger partial charge in [0.05, 0.1) is 28.5 Å². The Kier molecular flexibility index (Phi) is 6.25. The number of hydrogen-bond donors (Lipinski definition) is 0. The number of carbonyl (C=O) groups excluding carboxylic acids is 1. The van der Waals surface area contributed by atoms with E-state index in [1.165, 1.54) is 11.8 Å². The van der Waals surface area contributed by atoms with Gasteiger partial charge in [-0.25, -0.2) is 26.8 Å². The normalized spacial score (nSPS) is 18.5. The number of aromatic nitrogens is 2. The number of hydrogen-bond acceptors (Lipinski definition) is 7. The first kappa shape index (κ1) is 21.7. The van der Waals surface area contributed by atoms with Gasteiger partial charge in [0.15, 0.2) is 15.5 Å². The van der Waals surface area contributed by atoms with E-state index in [0.717, 1.165) is 11.8 Å². The maximum atomic E-state index is 13.3. The third kappa shape index (κ3) is 4.93. The van der Waals surface area contributed by atoms with E-state index in [1.807, 2.05) is 30.3 Å². The third-order valence-electron chi connectivity index (χ3n) is 4.69. The molecule has 0 saturated carbocycles. The topological polar surface area (TPSA) is 114 Å². The smallest absolute Gasteiger partial charge is 0.274 e. The molecule has 1 amide bonds. The summed E-state index contributed by atoms with van der Waals surface area (Å²) in [5.41, 5.74) is 0.547. The molecule has 0 spiro atoms. The minimum atomic E-state index is -3.74. The average Bonchev–Trinajstić information content (AvgIpc) is 3.06. The summed E-state index contributed by atoms with van der Waals surface area (Å²) >= 11 is 6.11. The van der Waals surface area contributed by atoms with Gasteiger partial charge in [-0.05, 0) is 12.0 Å². The highest BCUT2D eigenvalue weighted by Gasteiger charge is 2.36. The van der Waals surface area contributed by atoms with E-state index in [2.05, 4.69) is 9.97 Å². The van der Waals surface area contributed by atoms with Crippen LogP contribution < -0.4 is 0 Å². The number of sulfone groups is 2. The number of benzene rings is 1. The minimum Gasteiger partial charge on any atom is -0.329 e. The van der Waals surface area contributed by atoms with Crippen molar-refractivity contribution in [3.63, 3.8) is 0 Å². The SMILES string of the molecule is CCS(=O)(=O)c1ncc(Cl)c(C(=O)N(Cc2ccccc2)C2CCS(=O)(=O)C2)n1. The molecular formula is C18H20ClN3O5S2. The molecule has 0 bridgehead atoms. The lowest BCUT2D eigenvalue weighted by Crippen LogP contribution is -2.41. The Morgan fingerprint density at radius 2 is 1.97 bits per heavy atom. The van der Waals surface area contributed by atoms with Gasteiger partial charge in [0.1, 0.15) is 0 Å². The first-order chi connectivity index (χ1) is 13.6. The van der Waals surface area contributed by atoms with Crippen LogP contribution in [0.5, 0.6) is 0 Å². The highest BCUT2D eigenvalue weighted by atomic mass is 35.5. The Morgan fingerprint density at radius 1 is 1.28 bits per heavy atom. The summed E-state index contributed by atoms with van der Waals surface area (Å²) in [6.45, 7) is 1.59. The van der Waals surface area contributed by atoms with Crippen molar-refractivity contribution in [2.75, 3.05) is 17.3 Å². The van der Waals surface area contributed by atoms with Crippen LogP contribution >= 0.6 is 11.6 Å². The Hall–Kier alpha value is -2.04. The molecule has 1 unspecified atom stereocenters. The van der Waals surface area contributed by atoms with E-state index >= 15 is 0 Å². The second-order valence-electron chi connectivity index (χ2n) is 6.73. The molecule has 0 radical (unpaired) electrons. The van der Waals surface area contributed by atoms with E-state index in [9.17, 15) is 21.6 Å². The standard InChI is InChI=1S/C18H20ClN3O5S2/c1-2-29(26,27)18-20-10-15(19)16(21-18)17(23)22(11-13-6-4-3-5-7-13)14-8-9-28(24,25)12-14/h3-7,10,14H,2,8-9,11-12H2,1H3. The molecule has 1 aromatic heterocycles. The summed E-state index contributed by atoms with van der Waals surface area (Å²) in [6.07, 6.45) is 1.38. The van der Waals surface area contributed by atoms with Gasteiger partial charge in [0, 0.05) is 12.6 Å². The van der Waals surface area contributed by atoms with Crippen LogP contribution in [0, 0.1) is 0 Å². The van der Waals surface area contributed by atoms with Crippen molar-refractivity contribution in [2.24, 2.45) is 0 Å². The van der Waals surface area contributed by atoms with E-state index < -0.39 is 36.8 Å². The molecule has 29 heavy (non-hydrogen) atoms. The zero-order valence-corrected chi connectivity index (χ0v) is 18.0. The lowest BCUT2D eigenvalue weighted by molar-refractivity contribution is 0.0674. The van der Waals surface area contributed by atoms with Crippen LogP contribution in [-0.4, -0.2) is 60.9 Å². The number of nitrogens with zero attached hydrogens (tertiary/aromatic N) is 3. The summed E-state index contributed by atoms with van der Waals surface area (Å²) < 4.78 is 48.2. The highest BCUT2D eigenvalue weighted by Crippen LogP contribution is 2.24. The van der Waals surface area contributed by atoms with Crippen molar-refractivity contribution >= 4 is 37.2 Å². The third-order valence-corrected chi connectivity index (χ3v) is 8.23. The lowest BCUT2D eigenvalue weighted by atomic mass is 10.1. The van der Waals surface area contributed by atoms with E-state index in [-0.39, 0.29) is 34.5 Å². The second kappa shape index (κ2) is 8.37. The summed E-state index contributed by atoms with van der Waals surface area (Å²) in [6, 6.07) is 8.54. The molecule has 0 N–H and O–H groups in total. The highest BCUT2D eigenvalue weighted by molar-refractivity contribution is 7.91. The second-order valence-corrected chi connectivity index (χ2v) is 11.5. The first-order valence-corrected chi connectivity index (χ1v) is 12.8. The van der Waals surface area contributed by atoms with Gasteiger partial charge < -0.3 is 4.90 Å². The molecule has 8 nitrogen and oxygen atoms in total. The molecule has 1 aliphatic heterocycles. The first-order valence-electron chi connectivity index (χ1n) is 8.93. The van der Waals surface area contributed by atoms with E-state index in [4.69, 9.17) is 11.6 Å². The van der Waals surface area contributed by atoms with Crippen LogP contribution in [0.2, 0.25) is 5.02 Å². The molecule has 1 saturated heterocycles. The Bertz CT molecular complexity index is 1120. The minimum absolute atomic E-state index is 0.0107. The van der Waals surface area contributed by atoms with Gasteiger partial charge in [0.2, 0.25) is 15.0 Å². The largest absolute Gasteiger partial charge is 0.329 e. The zero-order valence-electron chi connectivity index (χ0n) is 15.7. The van der Waals surface area contributed by atoms with Crippen molar-refractivity contribution < 1.29 is 21.6 Å². The molecule has 1 atom stereocenters. The molecule has 156 valence electrons. The van der Waals surface area contributed by atoms with Gasteiger partial charge in [0.25, 0.3) is 5.91 Å². The van der Waals surface area contributed by atoms with Crippen LogP contribution in [0.25, 0.3) is 0 Å². The summed E-state index contributed by atoms with van der Waals surface area (Å²) in [4.78, 5) is 22.3. The van der Waals surface area contributed by atoms with E-state index in [1.54, 1.807) is 0 Å². The van der Waals surface area contributed by atoms with Crippen molar-refractivity contribution in [1.29, 1.82) is 0 Å². The monoisotopic (exact) mass is 457 g/mol. The average molecular weight is 458 g/mol. The van der Waals surface area contributed by atoms with Crippen LogP contribution in [0.1, 0.15) is 29.4 Å². The number of rotatable bonds is 6. The quantitative estimate of drug-likeness (QED) is 0.607. The number of halogens is 1. The van der Waals surface area contributed by atoms with Crippen LogP contribution in [0.15, 0.2) is 41.7 Å². The Labute approximate surface area is 174 Å². The van der Waals surface area contributed by atoms with Crippen LogP contribution in [-0.2, 0) is 26.2 Å². The van der Waals surface area contributed by atoms with Crippen molar-refractivity contribution in [1.82, 2.24) is 14.9 Å². The maximum absolute atomic E-state index is 13.3. The van der Waals surface area contributed by atoms with E-state index in [0.29, 0.717) is 6.42 Å². The van der Waals surface area contributed by atoms with Crippen molar-refractivity contribution in [3.05, 3.63) is 52.8 Å². The molecule has 2 heterocycles. The molecule has 1 fully saturated rings. The predicted molar refractivity (Wildman–Crippen MR) is 108 cm³/mol. The molecule has 3 rings (SSSR count). The summed E-state index contributed by atoms with van der Waals surface area (Å²) in [7, 11) is -6.99. The molecule has 1 aliphatic rings. The number of carbonyl (C=O) groups is 1. The fourth-order valence-electron chi connectivity index (χ4n) is 3.08. The maximum Gasteiger partial charge on any atom is 0.274 e. The molecule has 1 aromatic carbocycles. The van der Waals surface area contributed by atoms with Crippen molar-refractivity contribution in [3.8, 4) is 0 Å². The zero-order chi connectivity index (χ0) is 21.2. The van der Waals surface area contributed by atoms with Gasteiger partial charge in [-0.1, -0.05) is 48.9 Å². The van der Waals surface area contributed by atoms with Gasteiger partial charge >= 0.3 is 0 Å².